The third-order valence-electron chi connectivity index (χ3n) is 4.57. The van der Waals surface area contributed by atoms with E-state index in [9.17, 15) is 9.59 Å². The molecule has 0 aliphatic rings. The molecule has 0 fully saturated rings. The van der Waals surface area contributed by atoms with Crippen LogP contribution < -0.4 is 10.2 Å². The standard InChI is InChI=1S/C24H24N2O2/c1-2-26(22-11-7-4-8-12-22)24(28)21-15-13-20(14-16-21)23(27)25-18-17-19-9-5-3-6-10-19/h3-16H,2,17-18H2,1H3,(H,25,27). The van der Waals surface area contributed by atoms with Crippen LogP contribution in [0.2, 0.25) is 0 Å². The average molecular weight is 372 g/mol. The minimum absolute atomic E-state index is 0.0789. The van der Waals surface area contributed by atoms with Gasteiger partial charge in [0.2, 0.25) is 0 Å². The van der Waals surface area contributed by atoms with E-state index in [1.807, 2.05) is 67.6 Å². The maximum Gasteiger partial charge on any atom is 0.258 e. The van der Waals surface area contributed by atoms with Crippen molar-refractivity contribution in [1.82, 2.24) is 5.32 Å². The third-order valence-corrected chi connectivity index (χ3v) is 4.57. The number of para-hydroxylation sites is 1. The van der Waals surface area contributed by atoms with Crippen LogP contribution in [0, 0.1) is 0 Å². The molecule has 0 saturated heterocycles. The van der Waals surface area contributed by atoms with E-state index in [2.05, 4.69) is 5.32 Å². The maximum atomic E-state index is 12.8. The van der Waals surface area contributed by atoms with Gasteiger partial charge in [0.15, 0.2) is 0 Å². The largest absolute Gasteiger partial charge is 0.352 e. The van der Waals surface area contributed by atoms with Crippen molar-refractivity contribution in [3.63, 3.8) is 0 Å². The van der Waals surface area contributed by atoms with E-state index < -0.39 is 0 Å². The van der Waals surface area contributed by atoms with Crippen LogP contribution in [0.5, 0.6) is 0 Å². The molecule has 3 aromatic carbocycles. The number of nitrogens with one attached hydrogen (secondary N) is 1. The lowest BCUT2D eigenvalue weighted by atomic mass is 10.1. The molecule has 0 bridgehead atoms. The lowest BCUT2D eigenvalue weighted by Crippen LogP contribution is -2.30. The zero-order valence-electron chi connectivity index (χ0n) is 16.0. The van der Waals surface area contributed by atoms with E-state index in [0.717, 1.165) is 12.1 Å². The predicted octanol–water partition coefficient (Wildman–Crippen LogP) is 4.33. The maximum absolute atomic E-state index is 12.8. The summed E-state index contributed by atoms with van der Waals surface area (Å²) >= 11 is 0. The topological polar surface area (TPSA) is 49.4 Å². The van der Waals surface area contributed by atoms with Gasteiger partial charge in [-0.2, -0.15) is 0 Å². The molecular weight excluding hydrogens is 348 g/mol. The zero-order chi connectivity index (χ0) is 19.8. The Kier molecular flexibility index (Phi) is 6.58. The summed E-state index contributed by atoms with van der Waals surface area (Å²) in [4.78, 5) is 26.9. The van der Waals surface area contributed by atoms with E-state index in [0.29, 0.717) is 24.2 Å². The van der Waals surface area contributed by atoms with Crippen LogP contribution in [0.3, 0.4) is 0 Å². The molecule has 0 atom stereocenters. The fraction of sp³-hybridized carbons (Fsp3) is 0.167. The highest BCUT2D eigenvalue weighted by Gasteiger charge is 2.16. The Morgan fingerprint density at radius 1 is 0.786 bits per heavy atom. The second-order valence-electron chi connectivity index (χ2n) is 6.45. The molecule has 2 amide bonds. The van der Waals surface area contributed by atoms with Crippen molar-refractivity contribution in [1.29, 1.82) is 0 Å². The minimum atomic E-state index is -0.134. The Hall–Kier alpha value is -3.40. The van der Waals surface area contributed by atoms with Crippen LogP contribution in [0.25, 0.3) is 0 Å². The highest BCUT2D eigenvalue weighted by molar-refractivity contribution is 6.06. The Morgan fingerprint density at radius 2 is 1.36 bits per heavy atom. The van der Waals surface area contributed by atoms with Gasteiger partial charge in [0, 0.05) is 29.9 Å². The normalized spacial score (nSPS) is 10.3. The molecule has 4 heteroatoms. The number of nitrogens with zero attached hydrogens (tertiary/aromatic N) is 1. The van der Waals surface area contributed by atoms with E-state index in [4.69, 9.17) is 0 Å². The minimum Gasteiger partial charge on any atom is -0.352 e. The monoisotopic (exact) mass is 372 g/mol. The number of carbonyl (C=O) groups is 2. The van der Waals surface area contributed by atoms with Gasteiger partial charge in [-0.05, 0) is 55.3 Å². The molecule has 4 nitrogen and oxygen atoms in total. The summed E-state index contributed by atoms with van der Waals surface area (Å²) in [6.07, 6.45) is 0.783. The first kappa shape index (κ1) is 19.4. The second-order valence-corrected chi connectivity index (χ2v) is 6.45. The molecule has 28 heavy (non-hydrogen) atoms. The Morgan fingerprint density at radius 3 is 1.96 bits per heavy atom. The lowest BCUT2D eigenvalue weighted by Gasteiger charge is -2.21. The van der Waals surface area contributed by atoms with E-state index in [1.165, 1.54) is 5.56 Å². The molecule has 3 rings (SSSR count). The summed E-state index contributed by atoms with van der Waals surface area (Å²) in [6.45, 7) is 3.09. The summed E-state index contributed by atoms with van der Waals surface area (Å²) in [7, 11) is 0. The van der Waals surface area contributed by atoms with Crippen molar-refractivity contribution < 1.29 is 9.59 Å². The molecule has 0 saturated carbocycles. The molecule has 0 unspecified atom stereocenters. The smallest absolute Gasteiger partial charge is 0.258 e. The molecule has 0 aromatic heterocycles. The van der Waals surface area contributed by atoms with Crippen LogP contribution in [0.1, 0.15) is 33.2 Å². The number of benzene rings is 3. The first-order valence-corrected chi connectivity index (χ1v) is 9.48. The zero-order valence-corrected chi connectivity index (χ0v) is 16.0. The van der Waals surface area contributed by atoms with Gasteiger partial charge in [0.25, 0.3) is 11.8 Å². The van der Waals surface area contributed by atoms with Crippen LogP contribution >= 0.6 is 0 Å². The summed E-state index contributed by atoms with van der Waals surface area (Å²) in [5.74, 6) is -0.213. The van der Waals surface area contributed by atoms with Gasteiger partial charge in [0.1, 0.15) is 0 Å². The number of carbonyl (C=O) groups excluding carboxylic acids is 2. The van der Waals surface area contributed by atoms with E-state index in [-0.39, 0.29) is 11.8 Å². The van der Waals surface area contributed by atoms with Crippen LogP contribution in [0.15, 0.2) is 84.9 Å². The second kappa shape index (κ2) is 9.51. The lowest BCUT2D eigenvalue weighted by molar-refractivity contribution is 0.0950. The highest BCUT2D eigenvalue weighted by Crippen LogP contribution is 2.17. The van der Waals surface area contributed by atoms with Crippen molar-refractivity contribution in [3.05, 3.63) is 102 Å². The highest BCUT2D eigenvalue weighted by atomic mass is 16.2. The fourth-order valence-electron chi connectivity index (χ4n) is 3.04. The van der Waals surface area contributed by atoms with Crippen LogP contribution in [0.4, 0.5) is 5.69 Å². The van der Waals surface area contributed by atoms with Crippen LogP contribution in [-0.4, -0.2) is 24.9 Å². The predicted molar refractivity (Wildman–Crippen MR) is 113 cm³/mol. The van der Waals surface area contributed by atoms with Crippen molar-refractivity contribution >= 4 is 17.5 Å². The molecule has 0 radical (unpaired) electrons. The first-order valence-electron chi connectivity index (χ1n) is 9.48. The molecule has 142 valence electrons. The van der Waals surface area contributed by atoms with Gasteiger partial charge in [-0.1, -0.05) is 48.5 Å². The van der Waals surface area contributed by atoms with Gasteiger partial charge >= 0.3 is 0 Å². The van der Waals surface area contributed by atoms with Crippen molar-refractivity contribution in [2.24, 2.45) is 0 Å². The molecule has 3 aromatic rings. The molecule has 1 N–H and O–H groups in total. The molecule has 0 aliphatic carbocycles. The number of hydrogen-bond acceptors (Lipinski definition) is 2. The van der Waals surface area contributed by atoms with Crippen molar-refractivity contribution in [2.45, 2.75) is 13.3 Å². The average Bonchev–Trinajstić information content (AvgIpc) is 2.76. The van der Waals surface area contributed by atoms with Crippen molar-refractivity contribution in [2.75, 3.05) is 18.0 Å². The summed E-state index contributed by atoms with van der Waals surface area (Å²) in [5.41, 5.74) is 3.15. The molecule has 0 heterocycles. The Balaban J connectivity index is 1.60. The van der Waals surface area contributed by atoms with Gasteiger partial charge in [-0.25, -0.2) is 0 Å². The SMILES string of the molecule is CCN(C(=O)c1ccc(C(=O)NCCc2ccccc2)cc1)c1ccccc1. The number of amides is 2. The summed E-state index contributed by atoms with van der Waals surface area (Å²) < 4.78 is 0. The number of anilines is 1. The molecule has 0 aliphatic heterocycles. The Labute approximate surface area is 165 Å². The molecular formula is C24H24N2O2. The van der Waals surface area contributed by atoms with E-state index >= 15 is 0 Å². The number of rotatable bonds is 7. The summed E-state index contributed by atoms with van der Waals surface area (Å²) in [6, 6.07) is 26.4. The summed E-state index contributed by atoms with van der Waals surface area (Å²) in [5, 5.41) is 2.92. The number of hydrogen-bond donors (Lipinski definition) is 1. The van der Waals surface area contributed by atoms with Gasteiger partial charge in [-0.15, -0.1) is 0 Å². The van der Waals surface area contributed by atoms with Crippen molar-refractivity contribution in [3.8, 4) is 0 Å². The first-order chi connectivity index (χ1) is 13.7. The van der Waals surface area contributed by atoms with Crippen LogP contribution in [-0.2, 0) is 6.42 Å². The Bertz CT molecular complexity index is 906. The fourth-order valence-corrected chi connectivity index (χ4v) is 3.04. The van der Waals surface area contributed by atoms with Gasteiger partial charge < -0.3 is 10.2 Å². The van der Waals surface area contributed by atoms with Gasteiger partial charge in [-0.3, -0.25) is 9.59 Å². The quantitative estimate of drug-likeness (QED) is 0.671. The molecule has 0 spiro atoms. The van der Waals surface area contributed by atoms with E-state index in [1.54, 1.807) is 29.2 Å². The van der Waals surface area contributed by atoms with Gasteiger partial charge in [0.05, 0.1) is 0 Å². The third kappa shape index (κ3) is 4.86.